The molecule has 1 N–H and O–H groups in total. The molecule has 1 heterocycles. The minimum Gasteiger partial charge on any atom is -0.489 e. The smallest absolute Gasteiger partial charge is 0.303 e. The van der Waals surface area contributed by atoms with Crippen LogP contribution in [0.4, 0.5) is 8.78 Å². The number of ether oxygens (including phenoxy) is 1. The van der Waals surface area contributed by atoms with Gasteiger partial charge in [-0.1, -0.05) is 18.6 Å². The maximum absolute atomic E-state index is 14.4. The molecule has 0 radical (unpaired) electrons. The zero-order chi connectivity index (χ0) is 20.9. The average Bonchev–Trinajstić information content (AvgIpc) is 3.37. The monoisotopic (exact) mass is 421 g/mol. The average molecular weight is 422 g/mol. The van der Waals surface area contributed by atoms with Crippen molar-refractivity contribution in [2.24, 2.45) is 0 Å². The number of carbonyl (C=O) groups is 1. The van der Waals surface area contributed by atoms with Crippen molar-refractivity contribution in [2.75, 3.05) is 6.61 Å². The molecule has 29 heavy (non-hydrogen) atoms. The van der Waals surface area contributed by atoms with Gasteiger partial charge < -0.3 is 9.84 Å². The van der Waals surface area contributed by atoms with E-state index in [-0.39, 0.29) is 24.8 Å². The SMILES string of the molecule is CCC(F)(F)c1cc(OCC2=C(Cc3nccs3)CCC2)ccc1CCC(=O)O. The molecule has 0 unspecified atom stereocenters. The number of allylic oxidation sites excluding steroid dienone is 1. The number of thiazole rings is 1. The molecule has 1 aliphatic rings. The zero-order valence-electron chi connectivity index (χ0n) is 16.4. The van der Waals surface area contributed by atoms with Crippen LogP contribution in [0.25, 0.3) is 0 Å². The molecule has 1 aliphatic carbocycles. The van der Waals surface area contributed by atoms with Gasteiger partial charge in [-0.3, -0.25) is 4.79 Å². The lowest BCUT2D eigenvalue weighted by Gasteiger charge is -2.20. The van der Waals surface area contributed by atoms with Crippen molar-refractivity contribution in [3.8, 4) is 5.75 Å². The molecular formula is C22H25F2NO3S. The summed E-state index contributed by atoms with van der Waals surface area (Å²) < 4.78 is 34.8. The van der Waals surface area contributed by atoms with Gasteiger partial charge in [0.15, 0.2) is 0 Å². The second kappa shape index (κ2) is 9.48. The van der Waals surface area contributed by atoms with Gasteiger partial charge in [0, 0.05) is 36.4 Å². The lowest BCUT2D eigenvalue weighted by Crippen LogP contribution is -2.16. The minimum absolute atomic E-state index is 0.0731. The molecule has 7 heteroatoms. The van der Waals surface area contributed by atoms with Crippen molar-refractivity contribution in [2.45, 2.75) is 57.8 Å². The van der Waals surface area contributed by atoms with E-state index >= 15 is 0 Å². The molecule has 156 valence electrons. The number of hydrogen-bond donors (Lipinski definition) is 1. The molecule has 3 rings (SSSR count). The topological polar surface area (TPSA) is 59.4 Å². The number of nitrogens with zero attached hydrogens (tertiary/aromatic N) is 1. The van der Waals surface area contributed by atoms with Crippen LogP contribution in [0.3, 0.4) is 0 Å². The van der Waals surface area contributed by atoms with E-state index in [0.29, 0.717) is 17.9 Å². The van der Waals surface area contributed by atoms with Gasteiger partial charge in [-0.25, -0.2) is 13.8 Å². The van der Waals surface area contributed by atoms with E-state index in [1.807, 2.05) is 5.38 Å². The third kappa shape index (κ3) is 5.63. The number of halogens is 2. The predicted octanol–water partition coefficient (Wildman–Crippen LogP) is 5.76. The number of aryl methyl sites for hydroxylation is 1. The number of benzene rings is 1. The van der Waals surface area contributed by atoms with Gasteiger partial charge in [0.1, 0.15) is 12.4 Å². The van der Waals surface area contributed by atoms with Gasteiger partial charge in [0.05, 0.1) is 5.01 Å². The van der Waals surface area contributed by atoms with E-state index in [0.717, 1.165) is 30.7 Å². The standard InChI is InChI=1S/C22H25F2NO3S/c1-2-22(23,24)19-13-18(8-6-15(19)7-9-21(26)27)28-14-17-5-3-4-16(17)12-20-25-10-11-29-20/h6,8,10-11,13H,2-5,7,9,12,14H2,1H3,(H,26,27). The quantitative estimate of drug-likeness (QED) is 0.495. The first-order chi connectivity index (χ1) is 13.9. The summed E-state index contributed by atoms with van der Waals surface area (Å²) in [5.74, 6) is -3.63. The van der Waals surface area contributed by atoms with Crippen LogP contribution in [0.2, 0.25) is 0 Å². The Morgan fingerprint density at radius 1 is 1.31 bits per heavy atom. The number of aromatic nitrogens is 1. The Kier molecular flexibility index (Phi) is 7.00. The van der Waals surface area contributed by atoms with Crippen molar-refractivity contribution in [3.05, 3.63) is 57.1 Å². The highest BCUT2D eigenvalue weighted by molar-refractivity contribution is 7.09. The maximum Gasteiger partial charge on any atom is 0.303 e. The van der Waals surface area contributed by atoms with E-state index in [4.69, 9.17) is 9.84 Å². The molecular weight excluding hydrogens is 396 g/mol. The molecule has 1 aromatic heterocycles. The van der Waals surface area contributed by atoms with E-state index in [1.165, 1.54) is 24.1 Å². The Morgan fingerprint density at radius 2 is 2.10 bits per heavy atom. The Hall–Kier alpha value is -2.28. The molecule has 0 bridgehead atoms. The molecule has 0 fully saturated rings. The van der Waals surface area contributed by atoms with Crippen LogP contribution in [-0.2, 0) is 23.6 Å². The first-order valence-electron chi connectivity index (χ1n) is 9.83. The van der Waals surface area contributed by atoms with Crippen LogP contribution in [0.1, 0.15) is 55.2 Å². The van der Waals surface area contributed by atoms with E-state index in [9.17, 15) is 13.6 Å². The second-order valence-corrected chi connectivity index (χ2v) is 8.20. The number of carboxylic acids is 1. The minimum atomic E-state index is -3.02. The molecule has 0 saturated carbocycles. The second-order valence-electron chi connectivity index (χ2n) is 7.22. The molecule has 0 aliphatic heterocycles. The fraction of sp³-hybridized carbons (Fsp3) is 0.455. The highest BCUT2D eigenvalue weighted by Gasteiger charge is 2.32. The third-order valence-electron chi connectivity index (χ3n) is 5.25. The highest BCUT2D eigenvalue weighted by atomic mass is 32.1. The lowest BCUT2D eigenvalue weighted by molar-refractivity contribution is -0.137. The Labute approximate surface area is 173 Å². The molecule has 0 spiro atoms. The van der Waals surface area contributed by atoms with Crippen LogP contribution in [-0.4, -0.2) is 22.7 Å². The van der Waals surface area contributed by atoms with Crippen molar-refractivity contribution in [1.29, 1.82) is 0 Å². The van der Waals surface area contributed by atoms with E-state index in [1.54, 1.807) is 29.7 Å². The summed E-state index contributed by atoms with van der Waals surface area (Å²) >= 11 is 1.63. The molecule has 2 aromatic rings. The number of alkyl halides is 2. The molecule has 0 saturated heterocycles. The maximum atomic E-state index is 14.4. The first-order valence-corrected chi connectivity index (χ1v) is 10.7. The Bertz CT molecular complexity index is 878. The largest absolute Gasteiger partial charge is 0.489 e. The van der Waals surface area contributed by atoms with Crippen LogP contribution >= 0.6 is 11.3 Å². The van der Waals surface area contributed by atoms with Crippen molar-refractivity contribution < 1.29 is 23.4 Å². The number of aliphatic carboxylic acids is 1. The number of rotatable bonds is 10. The summed E-state index contributed by atoms with van der Waals surface area (Å²) in [7, 11) is 0. The van der Waals surface area contributed by atoms with E-state index in [2.05, 4.69) is 4.98 Å². The first kappa shape index (κ1) is 21.4. The summed E-state index contributed by atoms with van der Waals surface area (Å²) in [5, 5.41) is 11.9. The molecule has 1 aromatic carbocycles. The number of carboxylic acid groups (broad SMARTS) is 1. The summed E-state index contributed by atoms with van der Waals surface area (Å²) in [6.45, 7) is 1.80. The van der Waals surface area contributed by atoms with Crippen LogP contribution < -0.4 is 4.74 Å². The molecule has 4 nitrogen and oxygen atoms in total. The normalized spacial score (nSPS) is 14.4. The van der Waals surface area contributed by atoms with Crippen molar-refractivity contribution in [1.82, 2.24) is 4.98 Å². The van der Waals surface area contributed by atoms with Gasteiger partial charge in [-0.15, -0.1) is 11.3 Å². The molecule has 0 amide bonds. The number of hydrogen-bond acceptors (Lipinski definition) is 4. The summed E-state index contributed by atoms with van der Waals surface area (Å²) in [6, 6.07) is 4.59. The highest BCUT2D eigenvalue weighted by Crippen LogP contribution is 2.37. The fourth-order valence-electron chi connectivity index (χ4n) is 3.59. The summed E-state index contributed by atoms with van der Waals surface area (Å²) in [6.07, 6.45) is 5.22. The van der Waals surface area contributed by atoms with Gasteiger partial charge in [0.25, 0.3) is 5.92 Å². The van der Waals surface area contributed by atoms with Crippen molar-refractivity contribution in [3.63, 3.8) is 0 Å². The predicted molar refractivity (Wildman–Crippen MR) is 109 cm³/mol. The summed E-state index contributed by atoms with van der Waals surface area (Å²) in [5.41, 5.74) is 2.77. The fourth-order valence-corrected chi connectivity index (χ4v) is 4.24. The lowest BCUT2D eigenvalue weighted by atomic mass is 9.96. The Balaban J connectivity index is 1.75. The van der Waals surface area contributed by atoms with Crippen molar-refractivity contribution >= 4 is 17.3 Å². The Morgan fingerprint density at radius 3 is 2.79 bits per heavy atom. The van der Waals surface area contributed by atoms with Gasteiger partial charge >= 0.3 is 5.97 Å². The summed E-state index contributed by atoms with van der Waals surface area (Å²) in [4.78, 5) is 15.2. The zero-order valence-corrected chi connectivity index (χ0v) is 17.2. The molecule has 0 atom stereocenters. The van der Waals surface area contributed by atoms with Gasteiger partial charge in [-0.05, 0) is 49.0 Å². The van der Waals surface area contributed by atoms with Crippen LogP contribution in [0.5, 0.6) is 5.75 Å². The van der Waals surface area contributed by atoms with Crippen LogP contribution in [0.15, 0.2) is 40.9 Å². The van der Waals surface area contributed by atoms with Gasteiger partial charge in [0.2, 0.25) is 0 Å². The van der Waals surface area contributed by atoms with Crippen LogP contribution in [0, 0.1) is 0 Å². The van der Waals surface area contributed by atoms with E-state index < -0.39 is 11.9 Å². The van der Waals surface area contributed by atoms with Gasteiger partial charge in [-0.2, -0.15) is 0 Å². The third-order valence-corrected chi connectivity index (χ3v) is 6.03.